The van der Waals surface area contributed by atoms with Gasteiger partial charge in [-0.3, -0.25) is 4.79 Å². The normalized spacial score (nSPS) is 10.2. The summed E-state index contributed by atoms with van der Waals surface area (Å²) in [5.41, 5.74) is 0. The smallest absolute Gasteiger partial charge is 0.222 e. The van der Waals surface area contributed by atoms with Gasteiger partial charge in [-0.25, -0.2) is 0 Å². The molecule has 0 saturated heterocycles. The zero-order valence-corrected chi connectivity index (χ0v) is 9.59. The van der Waals surface area contributed by atoms with Crippen molar-refractivity contribution in [2.24, 2.45) is 0 Å². The third-order valence-corrected chi connectivity index (χ3v) is 2.26. The Bertz CT molecular complexity index is 147. The van der Waals surface area contributed by atoms with Gasteiger partial charge in [-0.05, 0) is 19.3 Å². The van der Waals surface area contributed by atoms with Crippen LogP contribution in [0.3, 0.4) is 0 Å². The number of aliphatic hydroxyl groups excluding tert-OH is 1. The molecule has 0 aliphatic rings. The first-order valence-electron chi connectivity index (χ1n) is 5.20. The molecule has 0 saturated carbocycles. The Kier molecular flexibility index (Phi) is 9.10. The average molecular weight is 222 g/mol. The van der Waals surface area contributed by atoms with Crippen LogP contribution in [0.1, 0.15) is 32.6 Å². The lowest BCUT2D eigenvalue weighted by molar-refractivity contribution is -0.131. The summed E-state index contributed by atoms with van der Waals surface area (Å²) in [6.07, 6.45) is 3.20. The molecule has 4 heteroatoms. The highest BCUT2D eigenvalue weighted by molar-refractivity contribution is 6.17. The highest BCUT2D eigenvalue weighted by Crippen LogP contribution is 2.02. The summed E-state index contributed by atoms with van der Waals surface area (Å²) in [6, 6.07) is 0. The number of carbonyl (C=O) groups excluding carboxylic acids is 1. The van der Waals surface area contributed by atoms with Gasteiger partial charge in [-0.15, -0.1) is 11.6 Å². The number of hydrogen-bond acceptors (Lipinski definition) is 2. The van der Waals surface area contributed by atoms with Gasteiger partial charge in [0, 0.05) is 25.4 Å². The molecule has 0 rings (SSSR count). The summed E-state index contributed by atoms with van der Waals surface area (Å²) in [6.45, 7) is 3.26. The highest BCUT2D eigenvalue weighted by Gasteiger charge is 2.10. The molecule has 0 aromatic rings. The first-order chi connectivity index (χ1) is 6.76. The summed E-state index contributed by atoms with van der Waals surface area (Å²) in [5, 5.41) is 8.77. The molecule has 14 heavy (non-hydrogen) atoms. The predicted octanol–water partition coefficient (Wildman–Crippen LogP) is 1.63. The van der Waals surface area contributed by atoms with Crippen molar-refractivity contribution < 1.29 is 9.90 Å². The van der Waals surface area contributed by atoms with E-state index >= 15 is 0 Å². The Balaban J connectivity index is 3.76. The first-order valence-corrected chi connectivity index (χ1v) is 5.74. The molecule has 0 spiro atoms. The molecule has 1 amide bonds. The number of nitrogens with zero attached hydrogens (tertiary/aromatic N) is 1. The number of carbonyl (C=O) groups is 1. The van der Waals surface area contributed by atoms with Crippen molar-refractivity contribution in [1.29, 1.82) is 0 Å². The van der Waals surface area contributed by atoms with Crippen LogP contribution in [-0.2, 0) is 4.79 Å². The lowest BCUT2D eigenvalue weighted by atomic mass is 10.2. The minimum atomic E-state index is 0.0429. The number of halogens is 1. The maximum absolute atomic E-state index is 11.6. The van der Waals surface area contributed by atoms with Gasteiger partial charge < -0.3 is 10.0 Å². The van der Waals surface area contributed by atoms with Gasteiger partial charge in [0.2, 0.25) is 5.91 Å². The molecule has 0 aromatic heterocycles. The van der Waals surface area contributed by atoms with Crippen molar-refractivity contribution in [3.05, 3.63) is 0 Å². The number of unbranched alkanes of at least 4 members (excludes halogenated alkanes) is 1. The van der Waals surface area contributed by atoms with Gasteiger partial charge in [-0.2, -0.15) is 0 Å². The van der Waals surface area contributed by atoms with E-state index in [1.807, 2.05) is 6.92 Å². The monoisotopic (exact) mass is 221 g/mol. The third-order valence-electron chi connectivity index (χ3n) is 1.99. The van der Waals surface area contributed by atoms with Gasteiger partial charge in [0.15, 0.2) is 0 Å². The fourth-order valence-corrected chi connectivity index (χ4v) is 1.47. The molecule has 0 aromatic carbocycles. The lowest BCUT2D eigenvalue weighted by Crippen LogP contribution is -2.34. The van der Waals surface area contributed by atoms with Crippen LogP contribution in [0.15, 0.2) is 0 Å². The van der Waals surface area contributed by atoms with Gasteiger partial charge in [-0.1, -0.05) is 6.92 Å². The number of alkyl halides is 1. The SMILES string of the molecule is CCCN(CCO)C(=O)CCCCCl. The fourth-order valence-electron chi connectivity index (χ4n) is 1.28. The maximum atomic E-state index is 11.6. The Morgan fingerprint density at radius 3 is 2.57 bits per heavy atom. The molecule has 0 unspecified atom stereocenters. The lowest BCUT2D eigenvalue weighted by Gasteiger charge is -2.20. The molecular weight excluding hydrogens is 202 g/mol. The van der Waals surface area contributed by atoms with Crippen LogP contribution in [0.2, 0.25) is 0 Å². The Morgan fingerprint density at radius 1 is 1.36 bits per heavy atom. The van der Waals surface area contributed by atoms with Crippen LogP contribution in [0.25, 0.3) is 0 Å². The predicted molar refractivity (Wildman–Crippen MR) is 58.5 cm³/mol. The topological polar surface area (TPSA) is 40.5 Å². The van der Waals surface area contributed by atoms with Gasteiger partial charge >= 0.3 is 0 Å². The van der Waals surface area contributed by atoms with Crippen molar-refractivity contribution in [2.75, 3.05) is 25.6 Å². The minimum absolute atomic E-state index is 0.0429. The second-order valence-electron chi connectivity index (χ2n) is 3.25. The number of rotatable bonds is 8. The van der Waals surface area contributed by atoms with Crippen molar-refractivity contribution >= 4 is 17.5 Å². The van der Waals surface area contributed by atoms with E-state index in [1.54, 1.807) is 4.90 Å². The first kappa shape index (κ1) is 13.7. The molecule has 0 heterocycles. The van der Waals surface area contributed by atoms with Gasteiger partial charge in [0.25, 0.3) is 0 Å². The van der Waals surface area contributed by atoms with E-state index in [9.17, 15) is 4.79 Å². The van der Waals surface area contributed by atoms with Crippen molar-refractivity contribution in [2.45, 2.75) is 32.6 Å². The van der Waals surface area contributed by atoms with Crippen molar-refractivity contribution in [3.63, 3.8) is 0 Å². The van der Waals surface area contributed by atoms with Gasteiger partial charge in [0.05, 0.1) is 6.61 Å². The summed E-state index contributed by atoms with van der Waals surface area (Å²) < 4.78 is 0. The zero-order valence-electron chi connectivity index (χ0n) is 8.84. The summed E-state index contributed by atoms with van der Waals surface area (Å²) in [7, 11) is 0. The van der Waals surface area contributed by atoms with Crippen LogP contribution < -0.4 is 0 Å². The standard InChI is InChI=1S/C10H20ClNO2/c1-2-7-12(8-9-13)10(14)5-3-4-6-11/h13H,2-9H2,1H3. The van der Waals surface area contributed by atoms with E-state index in [0.29, 0.717) is 18.8 Å². The van der Waals surface area contributed by atoms with Crippen LogP contribution in [0, 0.1) is 0 Å². The molecule has 0 radical (unpaired) electrons. The number of aliphatic hydroxyl groups is 1. The molecule has 3 nitrogen and oxygen atoms in total. The van der Waals surface area contributed by atoms with E-state index in [1.165, 1.54) is 0 Å². The van der Waals surface area contributed by atoms with E-state index in [2.05, 4.69) is 0 Å². The summed E-state index contributed by atoms with van der Waals surface area (Å²) in [5.74, 6) is 0.743. The van der Waals surface area contributed by atoms with Crippen LogP contribution in [0.4, 0.5) is 0 Å². The molecule has 1 N–H and O–H groups in total. The quantitative estimate of drug-likeness (QED) is 0.500. The Morgan fingerprint density at radius 2 is 2.07 bits per heavy atom. The summed E-state index contributed by atoms with van der Waals surface area (Å²) >= 11 is 5.52. The number of amides is 1. The zero-order chi connectivity index (χ0) is 10.8. The molecule has 0 bridgehead atoms. The van der Waals surface area contributed by atoms with E-state index in [-0.39, 0.29) is 12.5 Å². The molecule has 0 aliphatic carbocycles. The van der Waals surface area contributed by atoms with E-state index < -0.39 is 0 Å². The van der Waals surface area contributed by atoms with Crippen molar-refractivity contribution in [1.82, 2.24) is 4.90 Å². The van der Waals surface area contributed by atoms with Crippen LogP contribution in [0.5, 0.6) is 0 Å². The molecule has 0 atom stereocenters. The second-order valence-corrected chi connectivity index (χ2v) is 3.63. The van der Waals surface area contributed by atoms with E-state index in [4.69, 9.17) is 16.7 Å². The molecule has 0 fully saturated rings. The van der Waals surface area contributed by atoms with Gasteiger partial charge in [0.1, 0.15) is 0 Å². The number of hydrogen-bond donors (Lipinski definition) is 1. The Labute approximate surface area is 91.0 Å². The molecule has 0 aliphatic heterocycles. The molecule has 84 valence electrons. The fraction of sp³-hybridized carbons (Fsp3) is 0.900. The van der Waals surface area contributed by atoms with E-state index in [0.717, 1.165) is 25.8 Å². The summed E-state index contributed by atoms with van der Waals surface area (Å²) in [4.78, 5) is 13.3. The second kappa shape index (κ2) is 9.28. The van der Waals surface area contributed by atoms with Crippen LogP contribution >= 0.6 is 11.6 Å². The molecular formula is C10H20ClNO2. The highest BCUT2D eigenvalue weighted by atomic mass is 35.5. The Hall–Kier alpha value is -0.280. The maximum Gasteiger partial charge on any atom is 0.222 e. The third kappa shape index (κ3) is 6.22. The van der Waals surface area contributed by atoms with Crippen molar-refractivity contribution in [3.8, 4) is 0 Å². The largest absolute Gasteiger partial charge is 0.395 e. The minimum Gasteiger partial charge on any atom is -0.395 e. The average Bonchev–Trinajstić information content (AvgIpc) is 2.18. The van der Waals surface area contributed by atoms with Crippen LogP contribution in [-0.4, -0.2) is 41.5 Å².